The highest BCUT2D eigenvalue weighted by atomic mass is 35.5. The number of nitrogens with one attached hydrogen (secondary N) is 1. The Hall–Kier alpha value is -1.49. The maximum absolute atomic E-state index is 12.5. The van der Waals surface area contributed by atoms with E-state index in [1.807, 2.05) is 44.2 Å². The Kier molecular flexibility index (Phi) is 5.97. The Bertz CT molecular complexity index is 721. The zero-order chi connectivity index (χ0) is 16.6. The summed E-state index contributed by atoms with van der Waals surface area (Å²) in [6.45, 7) is 4.49. The molecule has 1 aromatic carbocycles. The van der Waals surface area contributed by atoms with Gasteiger partial charge in [-0.05, 0) is 62.9 Å². The van der Waals surface area contributed by atoms with Gasteiger partial charge in [0.05, 0.1) is 5.56 Å². The van der Waals surface area contributed by atoms with Crippen molar-refractivity contribution >= 4 is 29.9 Å². The predicted octanol–water partition coefficient (Wildman–Crippen LogP) is 3.64. The molecule has 4 nitrogen and oxygen atoms in total. The summed E-state index contributed by atoms with van der Waals surface area (Å²) in [7, 11) is 0. The number of hydrogen-bond donors (Lipinski definition) is 2. The van der Waals surface area contributed by atoms with E-state index >= 15 is 0 Å². The van der Waals surface area contributed by atoms with E-state index < -0.39 is 0 Å². The first-order chi connectivity index (χ1) is 11.0. The van der Waals surface area contributed by atoms with Crippen molar-refractivity contribution < 1.29 is 4.79 Å². The molecule has 1 aliphatic carbocycles. The molecule has 1 amide bonds. The fourth-order valence-electron chi connectivity index (χ4n) is 2.98. The molecule has 3 N–H and O–H groups in total. The average Bonchev–Trinajstić information content (AvgIpc) is 3.32. The van der Waals surface area contributed by atoms with E-state index in [0.717, 1.165) is 17.1 Å². The lowest BCUT2D eigenvalue weighted by Crippen LogP contribution is -2.38. The molecule has 6 heteroatoms. The Morgan fingerprint density at radius 2 is 1.96 bits per heavy atom. The van der Waals surface area contributed by atoms with Crippen LogP contribution in [0.15, 0.2) is 30.3 Å². The minimum Gasteiger partial charge on any atom is -0.350 e. The standard InChI is InChI=1S/C18H22ClN3O.ClH/c1-11-9-16(18(23)21-10-17(20)13-3-4-13)12(2)22(11)15-7-5-14(19)6-8-15;/h5-9,13,17H,3-4,10,20H2,1-2H3,(H,21,23);1H. The molecule has 1 unspecified atom stereocenters. The Morgan fingerprint density at radius 1 is 1.33 bits per heavy atom. The third-order valence-corrected chi connectivity index (χ3v) is 4.74. The molecule has 1 fully saturated rings. The number of carbonyl (C=O) groups is 1. The summed E-state index contributed by atoms with van der Waals surface area (Å²) in [6, 6.07) is 9.59. The van der Waals surface area contributed by atoms with Gasteiger partial charge >= 0.3 is 0 Å². The number of amides is 1. The predicted molar refractivity (Wildman–Crippen MR) is 101 cm³/mol. The number of carbonyl (C=O) groups excluding carboxylic acids is 1. The average molecular weight is 368 g/mol. The lowest BCUT2D eigenvalue weighted by atomic mass is 10.2. The topological polar surface area (TPSA) is 60.1 Å². The second-order valence-corrected chi connectivity index (χ2v) is 6.74. The molecule has 1 aliphatic rings. The van der Waals surface area contributed by atoms with E-state index in [1.165, 1.54) is 12.8 Å². The van der Waals surface area contributed by atoms with Crippen LogP contribution in [0.5, 0.6) is 0 Å². The van der Waals surface area contributed by atoms with Gasteiger partial charge in [0.1, 0.15) is 0 Å². The maximum Gasteiger partial charge on any atom is 0.253 e. The summed E-state index contributed by atoms with van der Waals surface area (Å²) in [5, 5.41) is 3.66. The van der Waals surface area contributed by atoms with Crippen LogP contribution >= 0.6 is 24.0 Å². The Labute approximate surface area is 153 Å². The molecule has 1 heterocycles. The minimum absolute atomic E-state index is 0. The highest BCUT2D eigenvalue weighted by Crippen LogP contribution is 2.31. The zero-order valence-electron chi connectivity index (χ0n) is 13.9. The Balaban J connectivity index is 0.00000208. The second kappa shape index (κ2) is 7.60. The lowest BCUT2D eigenvalue weighted by molar-refractivity contribution is 0.0949. The van der Waals surface area contributed by atoms with Crippen molar-refractivity contribution in [2.45, 2.75) is 32.7 Å². The van der Waals surface area contributed by atoms with Crippen molar-refractivity contribution in [3.05, 3.63) is 52.3 Å². The van der Waals surface area contributed by atoms with E-state index in [2.05, 4.69) is 9.88 Å². The zero-order valence-corrected chi connectivity index (χ0v) is 15.5. The number of nitrogens with zero attached hydrogens (tertiary/aromatic N) is 1. The van der Waals surface area contributed by atoms with Crippen LogP contribution in [0.25, 0.3) is 5.69 Å². The molecule has 0 aliphatic heterocycles. The molecule has 0 bridgehead atoms. The van der Waals surface area contributed by atoms with Crippen molar-refractivity contribution in [2.75, 3.05) is 6.54 Å². The number of aromatic nitrogens is 1. The molecule has 24 heavy (non-hydrogen) atoms. The van der Waals surface area contributed by atoms with Gasteiger partial charge in [0.2, 0.25) is 0 Å². The van der Waals surface area contributed by atoms with Gasteiger partial charge < -0.3 is 15.6 Å². The van der Waals surface area contributed by atoms with E-state index in [4.69, 9.17) is 17.3 Å². The van der Waals surface area contributed by atoms with Crippen LogP contribution in [-0.2, 0) is 0 Å². The summed E-state index contributed by atoms with van der Waals surface area (Å²) in [6.07, 6.45) is 2.37. The number of benzene rings is 1. The van der Waals surface area contributed by atoms with Gasteiger partial charge in [-0.25, -0.2) is 0 Å². The van der Waals surface area contributed by atoms with Gasteiger partial charge in [-0.3, -0.25) is 4.79 Å². The van der Waals surface area contributed by atoms with Crippen molar-refractivity contribution in [2.24, 2.45) is 11.7 Å². The van der Waals surface area contributed by atoms with Gasteiger partial charge in [-0.2, -0.15) is 0 Å². The molecule has 3 rings (SSSR count). The molecular formula is C18H23Cl2N3O. The number of rotatable bonds is 5. The van der Waals surface area contributed by atoms with Gasteiger partial charge in [0.15, 0.2) is 0 Å². The fourth-order valence-corrected chi connectivity index (χ4v) is 3.10. The quantitative estimate of drug-likeness (QED) is 0.847. The molecule has 0 radical (unpaired) electrons. The summed E-state index contributed by atoms with van der Waals surface area (Å²) in [4.78, 5) is 12.5. The first-order valence-electron chi connectivity index (χ1n) is 7.96. The van der Waals surface area contributed by atoms with Crippen LogP contribution < -0.4 is 11.1 Å². The summed E-state index contributed by atoms with van der Waals surface area (Å²) < 4.78 is 2.06. The molecular weight excluding hydrogens is 345 g/mol. The van der Waals surface area contributed by atoms with Crippen molar-refractivity contribution in [3.8, 4) is 5.69 Å². The third kappa shape index (κ3) is 3.94. The van der Waals surface area contributed by atoms with Crippen LogP contribution in [0.1, 0.15) is 34.6 Å². The Morgan fingerprint density at radius 3 is 2.54 bits per heavy atom. The molecule has 0 saturated heterocycles. The second-order valence-electron chi connectivity index (χ2n) is 6.31. The van der Waals surface area contributed by atoms with Crippen molar-refractivity contribution in [3.63, 3.8) is 0 Å². The molecule has 2 aromatic rings. The monoisotopic (exact) mass is 367 g/mol. The first kappa shape index (κ1) is 18.8. The summed E-state index contributed by atoms with van der Waals surface area (Å²) in [5.41, 5.74) is 9.68. The van der Waals surface area contributed by atoms with Crippen LogP contribution in [0.3, 0.4) is 0 Å². The van der Waals surface area contributed by atoms with E-state index in [9.17, 15) is 4.79 Å². The highest BCUT2D eigenvalue weighted by Gasteiger charge is 2.28. The van der Waals surface area contributed by atoms with E-state index in [1.54, 1.807) is 0 Å². The van der Waals surface area contributed by atoms with Gasteiger partial charge in [-0.15, -0.1) is 12.4 Å². The van der Waals surface area contributed by atoms with Gasteiger partial charge in [0.25, 0.3) is 5.91 Å². The molecule has 1 aromatic heterocycles. The SMILES string of the molecule is Cc1cc(C(=O)NCC(N)C2CC2)c(C)n1-c1ccc(Cl)cc1.Cl. The summed E-state index contributed by atoms with van der Waals surface area (Å²) in [5.74, 6) is 0.520. The van der Waals surface area contributed by atoms with Crippen molar-refractivity contribution in [1.82, 2.24) is 9.88 Å². The number of nitrogens with two attached hydrogens (primary N) is 1. The lowest BCUT2D eigenvalue weighted by Gasteiger charge is -2.12. The molecule has 1 atom stereocenters. The molecule has 0 spiro atoms. The van der Waals surface area contributed by atoms with Gasteiger partial charge in [0, 0.05) is 34.7 Å². The number of halogens is 2. The third-order valence-electron chi connectivity index (χ3n) is 4.49. The minimum atomic E-state index is -0.0607. The van der Waals surface area contributed by atoms with Crippen LogP contribution in [-0.4, -0.2) is 23.1 Å². The molecule has 130 valence electrons. The van der Waals surface area contributed by atoms with E-state index in [-0.39, 0.29) is 24.4 Å². The summed E-state index contributed by atoms with van der Waals surface area (Å²) >= 11 is 5.95. The highest BCUT2D eigenvalue weighted by molar-refractivity contribution is 6.30. The van der Waals surface area contributed by atoms with Crippen LogP contribution in [0.2, 0.25) is 5.02 Å². The number of aryl methyl sites for hydroxylation is 1. The molecule has 1 saturated carbocycles. The first-order valence-corrected chi connectivity index (χ1v) is 8.34. The van der Waals surface area contributed by atoms with Crippen LogP contribution in [0.4, 0.5) is 0 Å². The van der Waals surface area contributed by atoms with Crippen LogP contribution in [0, 0.1) is 19.8 Å². The maximum atomic E-state index is 12.5. The van der Waals surface area contributed by atoms with Crippen molar-refractivity contribution in [1.29, 1.82) is 0 Å². The number of hydrogen-bond acceptors (Lipinski definition) is 2. The van der Waals surface area contributed by atoms with E-state index in [0.29, 0.717) is 23.0 Å². The van der Waals surface area contributed by atoms with Gasteiger partial charge in [-0.1, -0.05) is 11.6 Å². The largest absolute Gasteiger partial charge is 0.350 e. The smallest absolute Gasteiger partial charge is 0.253 e. The fraction of sp³-hybridized carbons (Fsp3) is 0.389. The normalized spacial score (nSPS) is 14.8.